The number of hydroxylamine groups is 2. The molecule has 1 aromatic rings. The summed E-state index contributed by atoms with van der Waals surface area (Å²) in [6.07, 6.45) is 4.63. The second-order valence-electron chi connectivity index (χ2n) is 6.31. The normalized spacial score (nSPS) is 33.7. The zero-order valence-electron chi connectivity index (χ0n) is 12.8. The lowest BCUT2D eigenvalue weighted by Crippen LogP contribution is -2.59. The highest BCUT2D eigenvalue weighted by atomic mass is 32.1. The number of quaternary nitrogens is 1. The molecule has 2 heterocycles. The lowest BCUT2D eigenvalue weighted by atomic mass is 10.1. The van der Waals surface area contributed by atoms with Crippen molar-refractivity contribution in [1.29, 1.82) is 0 Å². The number of nitrogens with zero attached hydrogens (tertiary/aromatic N) is 4. The molecule has 1 aliphatic heterocycles. The SMILES string of the molecule is CCCCC1(O)CN(CC)C[N+]1([O-])c1nnc(C2CC2)s1. The van der Waals surface area contributed by atoms with Gasteiger partial charge in [-0.15, -0.1) is 5.10 Å². The van der Waals surface area contributed by atoms with Crippen LogP contribution in [0.4, 0.5) is 5.13 Å². The number of unbranched alkanes of at least 4 members (excludes halogenated alkanes) is 1. The largest absolute Gasteiger partial charge is 0.622 e. The van der Waals surface area contributed by atoms with Gasteiger partial charge in [0.15, 0.2) is 0 Å². The van der Waals surface area contributed by atoms with E-state index in [0.717, 1.165) is 37.2 Å². The highest BCUT2D eigenvalue weighted by molar-refractivity contribution is 7.15. The zero-order valence-corrected chi connectivity index (χ0v) is 13.6. The molecule has 0 aromatic carbocycles. The molecule has 2 fully saturated rings. The third-order valence-corrected chi connectivity index (χ3v) is 5.78. The van der Waals surface area contributed by atoms with E-state index in [2.05, 4.69) is 17.1 Å². The molecule has 2 atom stereocenters. The van der Waals surface area contributed by atoms with Crippen LogP contribution in [0.2, 0.25) is 0 Å². The molecule has 118 valence electrons. The molecule has 0 spiro atoms. The van der Waals surface area contributed by atoms with Crippen molar-refractivity contribution < 1.29 is 5.11 Å². The Labute approximate surface area is 129 Å². The van der Waals surface area contributed by atoms with Crippen molar-refractivity contribution in [2.45, 2.75) is 57.6 Å². The Balaban J connectivity index is 1.89. The number of hydrogen-bond acceptors (Lipinski definition) is 6. The van der Waals surface area contributed by atoms with Gasteiger partial charge in [-0.1, -0.05) is 25.4 Å². The third-order valence-electron chi connectivity index (χ3n) is 4.59. The number of hydrogen-bond donors (Lipinski definition) is 1. The van der Waals surface area contributed by atoms with Crippen molar-refractivity contribution in [3.05, 3.63) is 10.2 Å². The second-order valence-corrected chi connectivity index (χ2v) is 7.30. The molecule has 1 N–H and O–H groups in total. The fourth-order valence-corrected chi connectivity index (χ4v) is 4.10. The van der Waals surface area contributed by atoms with Gasteiger partial charge < -0.3 is 10.3 Å². The van der Waals surface area contributed by atoms with Crippen LogP contribution in [0.3, 0.4) is 0 Å². The van der Waals surface area contributed by atoms with E-state index in [1.165, 1.54) is 11.3 Å². The predicted molar refractivity (Wildman–Crippen MR) is 83.6 cm³/mol. The first-order valence-corrected chi connectivity index (χ1v) is 8.72. The van der Waals surface area contributed by atoms with E-state index in [4.69, 9.17) is 0 Å². The summed E-state index contributed by atoms with van der Waals surface area (Å²) in [5.74, 6) is 0.497. The minimum atomic E-state index is -1.29. The zero-order chi connectivity index (χ0) is 15.1. The van der Waals surface area contributed by atoms with E-state index < -0.39 is 10.4 Å². The summed E-state index contributed by atoms with van der Waals surface area (Å²) in [7, 11) is 0. The van der Waals surface area contributed by atoms with Crippen molar-refractivity contribution in [3.63, 3.8) is 0 Å². The van der Waals surface area contributed by atoms with Crippen molar-refractivity contribution in [1.82, 2.24) is 19.7 Å². The Kier molecular flexibility index (Phi) is 4.04. The van der Waals surface area contributed by atoms with Gasteiger partial charge in [-0.2, -0.15) is 0 Å². The van der Waals surface area contributed by atoms with Crippen LogP contribution in [-0.2, 0) is 0 Å². The van der Waals surface area contributed by atoms with Crippen molar-refractivity contribution >= 4 is 16.5 Å². The lowest BCUT2D eigenvalue weighted by Gasteiger charge is -2.45. The molecule has 0 bridgehead atoms. The van der Waals surface area contributed by atoms with Crippen LogP contribution in [0.1, 0.15) is 56.9 Å². The van der Waals surface area contributed by atoms with Gasteiger partial charge in [0, 0.05) is 18.9 Å². The quantitative estimate of drug-likeness (QED) is 0.645. The molecule has 0 amide bonds. The number of rotatable bonds is 6. The molecule has 1 aromatic heterocycles. The Bertz CT molecular complexity index is 507. The molecule has 2 unspecified atom stereocenters. The van der Waals surface area contributed by atoms with Gasteiger partial charge in [-0.05, 0) is 30.6 Å². The average molecular weight is 312 g/mol. The van der Waals surface area contributed by atoms with Crippen LogP contribution in [0, 0.1) is 5.21 Å². The maximum Gasteiger partial charge on any atom is 0.310 e. The van der Waals surface area contributed by atoms with Crippen LogP contribution in [0.5, 0.6) is 0 Å². The van der Waals surface area contributed by atoms with Crippen LogP contribution in [0.15, 0.2) is 0 Å². The summed E-state index contributed by atoms with van der Waals surface area (Å²) < 4.78 is -0.745. The van der Waals surface area contributed by atoms with Gasteiger partial charge in [0.2, 0.25) is 5.72 Å². The standard InChI is InChI=1S/C14H24N4O2S/c1-3-5-8-14(19)9-17(4-2)10-18(14,20)13-16-15-12(21-13)11-6-7-11/h11,19H,3-10H2,1-2H3. The maximum absolute atomic E-state index is 13.4. The predicted octanol–water partition coefficient (Wildman–Crippen LogP) is 2.39. The molecule has 2 aliphatic rings. The molecule has 21 heavy (non-hydrogen) atoms. The molecule has 1 saturated carbocycles. The first-order valence-electron chi connectivity index (χ1n) is 7.90. The third kappa shape index (κ3) is 2.61. The Morgan fingerprint density at radius 1 is 1.43 bits per heavy atom. The minimum absolute atomic E-state index is 0.274. The van der Waals surface area contributed by atoms with Crippen molar-refractivity contribution in [2.75, 3.05) is 19.8 Å². The molecular weight excluding hydrogens is 288 g/mol. The summed E-state index contributed by atoms with van der Waals surface area (Å²) in [5.41, 5.74) is -1.29. The van der Waals surface area contributed by atoms with E-state index in [0.29, 0.717) is 24.0 Å². The maximum atomic E-state index is 13.4. The summed E-state index contributed by atoms with van der Waals surface area (Å²) >= 11 is 1.40. The Morgan fingerprint density at radius 2 is 2.19 bits per heavy atom. The van der Waals surface area contributed by atoms with Gasteiger partial charge in [-0.25, -0.2) is 4.90 Å². The summed E-state index contributed by atoms with van der Waals surface area (Å²) in [6, 6.07) is 0. The molecule has 6 nitrogen and oxygen atoms in total. The fraction of sp³-hybridized carbons (Fsp3) is 0.857. The van der Waals surface area contributed by atoms with E-state index in [1.807, 2.05) is 11.8 Å². The molecule has 0 radical (unpaired) electrons. The van der Waals surface area contributed by atoms with Gasteiger partial charge in [0.1, 0.15) is 11.7 Å². The fourth-order valence-electron chi connectivity index (χ4n) is 2.97. The smallest absolute Gasteiger partial charge is 0.310 e. The Morgan fingerprint density at radius 3 is 2.81 bits per heavy atom. The second kappa shape index (κ2) is 5.55. The van der Waals surface area contributed by atoms with Crippen LogP contribution in [-0.4, -0.2) is 45.7 Å². The first-order chi connectivity index (χ1) is 10.0. The van der Waals surface area contributed by atoms with Crippen molar-refractivity contribution in [3.8, 4) is 0 Å². The Hall–Kier alpha value is -0.600. The van der Waals surface area contributed by atoms with E-state index in [-0.39, 0.29) is 6.67 Å². The van der Waals surface area contributed by atoms with Crippen LogP contribution < -0.4 is 4.65 Å². The van der Waals surface area contributed by atoms with Gasteiger partial charge in [-0.3, -0.25) is 4.65 Å². The van der Waals surface area contributed by atoms with Crippen molar-refractivity contribution in [2.24, 2.45) is 0 Å². The van der Waals surface area contributed by atoms with E-state index in [1.54, 1.807) is 0 Å². The van der Waals surface area contributed by atoms with E-state index in [9.17, 15) is 10.3 Å². The summed E-state index contributed by atoms with van der Waals surface area (Å²) in [4.78, 5) is 2.01. The van der Waals surface area contributed by atoms with E-state index >= 15 is 0 Å². The topological polar surface area (TPSA) is 72.3 Å². The first kappa shape index (κ1) is 15.3. The van der Waals surface area contributed by atoms with Crippen LogP contribution in [0.25, 0.3) is 0 Å². The molecule has 3 rings (SSSR count). The van der Waals surface area contributed by atoms with Gasteiger partial charge in [0.05, 0.1) is 6.54 Å². The monoisotopic (exact) mass is 312 g/mol. The van der Waals surface area contributed by atoms with Gasteiger partial charge >= 0.3 is 5.13 Å². The van der Waals surface area contributed by atoms with Crippen LogP contribution >= 0.6 is 11.3 Å². The number of aliphatic hydroxyl groups is 1. The number of likely N-dealkylation sites (N-methyl/N-ethyl adjacent to an activating group) is 1. The summed E-state index contributed by atoms with van der Waals surface area (Å²) in [5, 5.41) is 34.2. The highest BCUT2D eigenvalue weighted by Gasteiger charge is 2.54. The molecule has 1 saturated heterocycles. The number of β-amino-alcohol motifs (C(OH)–C–C–N with tert-alkyl or cyclic N) is 1. The summed E-state index contributed by atoms with van der Waals surface area (Å²) in [6.45, 7) is 5.56. The molecular formula is C14H24N4O2S. The number of aromatic nitrogens is 2. The van der Waals surface area contributed by atoms with Gasteiger partial charge in [0.25, 0.3) is 0 Å². The highest BCUT2D eigenvalue weighted by Crippen LogP contribution is 2.46. The molecule has 7 heteroatoms. The lowest BCUT2D eigenvalue weighted by molar-refractivity contribution is -0.0495. The minimum Gasteiger partial charge on any atom is -0.622 e. The molecule has 1 aliphatic carbocycles. The average Bonchev–Trinajstić information content (AvgIpc) is 3.13.